The minimum atomic E-state index is -0.966. The first-order chi connectivity index (χ1) is 7.99. The molecule has 0 heterocycles. The highest BCUT2D eigenvalue weighted by atomic mass is 79.9. The number of nitrogens with one attached hydrogen (secondary N) is 1. The Balaban J connectivity index is 2.00. The van der Waals surface area contributed by atoms with E-state index in [9.17, 15) is 14.0 Å². The van der Waals surface area contributed by atoms with Gasteiger partial charge in [0.25, 0.3) is 0 Å². The Morgan fingerprint density at radius 3 is 2.65 bits per heavy atom. The number of benzene rings is 1. The maximum Gasteiger partial charge on any atom is 0.307 e. The van der Waals surface area contributed by atoms with Crippen LogP contribution in [0.3, 0.4) is 0 Å². The molecule has 1 saturated carbocycles. The van der Waals surface area contributed by atoms with Gasteiger partial charge in [-0.15, -0.1) is 0 Å². The van der Waals surface area contributed by atoms with Crippen molar-refractivity contribution >= 4 is 33.5 Å². The highest BCUT2D eigenvalue weighted by Crippen LogP contribution is 2.39. The predicted octanol–water partition coefficient (Wildman–Crippen LogP) is 2.25. The largest absolute Gasteiger partial charge is 0.481 e. The summed E-state index contributed by atoms with van der Waals surface area (Å²) in [6, 6.07) is 4.20. The van der Waals surface area contributed by atoms with Gasteiger partial charge in [0.15, 0.2) is 0 Å². The molecule has 1 aromatic carbocycles. The van der Waals surface area contributed by atoms with Crippen LogP contribution in [0.5, 0.6) is 0 Å². The number of amides is 1. The topological polar surface area (TPSA) is 66.4 Å². The van der Waals surface area contributed by atoms with Gasteiger partial charge in [0.1, 0.15) is 5.82 Å². The quantitative estimate of drug-likeness (QED) is 0.900. The fourth-order valence-corrected chi connectivity index (χ4v) is 1.81. The van der Waals surface area contributed by atoms with Gasteiger partial charge in [-0.3, -0.25) is 9.59 Å². The lowest BCUT2D eigenvalue weighted by molar-refractivity contribution is -0.139. The van der Waals surface area contributed by atoms with Crippen molar-refractivity contribution in [1.29, 1.82) is 0 Å². The van der Waals surface area contributed by atoms with E-state index in [0.717, 1.165) is 0 Å². The molecule has 17 heavy (non-hydrogen) atoms. The number of anilines is 1. The van der Waals surface area contributed by atoms with Gasteiger partial charge in [-0.05, 0) is 40.5 Å². The van der Waals surface area contributed by atoms with Crippen molar-refractivity contribution in [2.75, 3.05) is 5.32 Å². The van der Waals surface area contributed by atoms with Gasteiger partial charge in [0.2, 0.25) is 5.91 Å². The monoisotopic (exact) mass is 301 g/mol. The molecule has 0 aliphatic heterocycles. The van der Waals surface area contributed by atoms with Crippen LogP contribution in [-0.2, 0) is 9.59 Å². The maximum absolute atomic E-state index is 13.2. The minimum Gasteiger partial charge on any atom is -0.481 e. The van der Waals surface area contributed by atoms with E-state index in [2.05, 4.69) is 21.2 Å². The molecule has 1 aliphatic carbocycles. The molecule has 4 nitrogen and oxygen atoms in total. The minimum absolute atomic E-state index is 0.310. The lowest BCUT2D eigenvalue weighted by atomic mass is 10.2. The summed E-state index contributed by atoms with van der Waals surface area (Å²) >= 11 is 3.00. The fourth-order valence-electron chi connectivity index (χ4n) is 1.57. The van der Waals surface area contributed by atoms with Crippen LogP contribution in [-0.4, -0.2) is 17.0 Å². The molecule has 2 atom stereocenters. The highest BCUT2D eigenvalue weighted by Gasteiger charge is 2.48. The lowest BCUT2D eigenvalue weighted by Crippen LogP contribution is -2.16. The summed E-state index contributed by atoms with van der Waals surface area (Å²) in [6.45, 7) is 0. The number of carbonyl (C=O) groups excluding carboxylic acids is 1. The van der Waals surface area contributed by atoms with Gasteiger partial charge in [-0.25, -0.2) is 4.39 Å². The molecule has 0 bridgehead atoms. The number of carbonyl (C=O) groups is 2. The molecule has 0 radical (unpaired) electrons. The Hall–Kier alpha value is -1.43. The average Bonchev–Trinajstić information content (AvgIpc) is 3.03. The van der Waals surface area contributed by atoms with Crippen LogP contribution in [0, 0.1) is 17.7 Å². The van der Waals surface area contributed by atoms with Crippen molar-refractivity contribution in [3.8, 4) is 0 Å². The standard InChI is InChI=1S/C11H9BrFNO3/c12-8-2-1-5(3-9(8)13)14-10(15)6-4-7(6)11(16)17/h1-3,6-7H,4H2,(H,14,15)(H,16,17). The first-order valence-electron chi connectivity index (χ1n) is 4.98. The predicted molar refractivity (Wildman–Crippen MR) is 62.0 cm³/mol. The van der Waals surface area contributed by atoms with E-state index in [0.29, 0.717) is 16.6 Å². The van der Waals surface area contributed by atoms with Crippen LogP contribution < -0.4 is 5.32 Å². The molecule has 6 heteroatoms. The lowest BCUT2D eigenvalue weighted by Gasteiger charge is -2.05. The number of rotatable bonds is 3. The molecule has 1 aromatic rings. The molecule has 2 rings (SSSR count). The Labute approximate surface area is 105 Å². The Bertz CT molecular complexity index is 492. The van der Waals surface area contributed by atoms with E-state index in [1.807, 2.05) is 0 Å². The summed E-state index contributed by atoms with van der Waals surface area (Å²) in [6.07, 6.45) is 0.347. The van der Waals surface area contributed by atoms with Crippen molar-refractivity contribution in [3.63, 3.8) is 0 Å². The molecule has 1 aliphatic rings. The van der Waals surface area contributed by atoms with Crippen LogP contribution in [0.4, 0.5) is 10.1 Å². The number of hydrogen-bond acceptors (Lipinski definition) is 2. The number of aliphatic carboxylic acids is 1. The summed E-state index contributed by atoms with van der Waals surface area (Å²) in [7, 11) is 0. The molecule has 0 aromatic heterocycles. The fraction of sp³-hybridized carbons (Fsp3) is 0.273. The Kier molecular flexibility index (Phi) is 3.15. The SMILES string of the molecule is O=C(O)C1CC1C(=O)Nc1ccc(Br)c(F)c1. The third-order valence-electron chi connectivity index (χ3n) is 2.63. The first-order valence-corrected chi connectivity index (χ1v) is 5.77. The maximum atomic E-state index is 13.2. The van der Waals surface area contributed by atoms with Crippen molar-refractivity contribution in [2.45, 2.75) is 6.42 Å². The second kappa shape index (κ2) is 4.44. The van der Waals surface area contributed by atoms with Gasteiger partial charge < -0.3 is 10.4 Å². The normalized spacial score (nSPS) is 22.0. The molecular formula is C11H9BrFNO3. The van der Waals surface area contributed by atoms with Gasteiger partial charge >= 0.3 is 5.97 Å². The number of carboxylic acids is 1. The third-order valence-corrected chi connectivity index (χ3v) is 3.27. The van der Waals surface area contributed by atoms with Crippen LogP contribution in [0.25, 0.3) is 0 Å². The third kappa shape index (κ3) is 2.63. The van der Waals surface area contributed by atoms with Crippen molar-refractivity contribution < 1.29 is 19.1 Å². The van der Waals surface area contributed by atoms with Crippen LogP contribution in [0.2, 0.25) is 0 Å². The summed E-state index contributed by atoms with van der Waals surface area (Å²) in [4.78, 5) is 22.2. The number of halogens is 2. The van der Waals surface area contributed by atoms with Crippen LogP contribution in [0.1, 0.15) is 6.42 Å². The molecule has 90 valence electrons. The summed E-state index contributed by atoms with van der Waals surface area (Å²) in [5.74, 6) is -2.92. The van der Waals surface area contributed by atoms with Gasteiger partial charge in [0, 0.05) is 5.69 Å². The van der Waals surface area contributed by atoms with Gasteiger partial charge in [-0.2, -0.15) is 0 Å². The van der Waals surface area contributed by atoms with E-state index in [4.69, 9.17) is 5.11 Å². The zero-order valence-electron chi connectivity index (χ0n) is 8.61. The Morgan fingerprint density at radius 1 is 1.41 bits per heavy atom. The molecule has 2 N–H and O–H groups in total. The van der Waals surface area contributed by atoms with Crippen molar-refractivity contribution in [3.05, 3.63) is 28.5 Å². The first kappa shape index (κ1) is 12.0. The second-order valence-electron chi connectivity index (χ2n) is 3.91. The zero-order chi connectivity index (χ0) is 12.6. The molecule has 1 amide bonds. The molecular weight excluding hydrogens is 293 g/mol. The van der Waals surface area contributed by atoms with E-state index in [-0.39, 0.29) is 5.91 Å². The van der Waals surface area contributed by atoms with Gasteiger partial charge in [-0.1, -0.05) is 0 Å². The molecule has 0 saturated heterocycles. The van der Waals surface area contributed by atoms with E-state index < -0.39 is 23.6 Å². The zero-order valence-corrected chi connectivity index (χ0v) is 10.2. The van der Waals surface area contributed by atoms with Crippen LogP contribution in [0.15, 0.2) is 22.7 Å². The second-order valence-corrected chi connectivity index (χ2v) is 4.76. The van der Waals surface area contributed by atoms with E-state index in [1.165, 1.54) is 12.1 Å². The number of hydrogen-bond donors (Lipinski definition) is 2. The van der Waals surface area contributed by atoms with E-state index >= 15 is 0 Å². The van der Waals surface area contributed by atoms with E-state index in [1.54, 1.807) is 6.07 Å². The average molecular weight is 302 g/mol. The van der Waals surface area contributed by atoms with Gasteiger partial charge in [0.05, 0.1) is 16.3 Å². The summed E-state index contributed by atoms with van der Waals surface area (Å²) in [5, 5.41) is 11.2. The van der Waals surface area contributed by atoms with Crippen molar-refractivity contribution in [2.24, 2.45) is 11.8 Å². The number of carboxylic acid groups (broad SMARTS) is 1. The Morgan fingerprint density at radius 2 is 2.12 bits per heavy atom. The smallest absolute Gasteiger partial charge is 0.307 e. The molecule has 2 unspecified atom stereocenters. The molecule has 0 spiro atoms. The van der Waals surface area contributed by atoms with Crippen molar-refractivity contribution in [1.82, 2.24) is 0 Å². The summed E-state index contributed by atoms with van der Waals surface area (Å²) < 4.78 is 13.5. The summed E-state index contributed by atoms with van der Waals surface area (Å²) in [5.41, 5.74) is 0.326. The van der Waals surface area contributed by atoms with Crippen LogP contribution >= 0.6 is 15.9 Å². The molecule has 1 fully saturated rings. The highest BCUT2D eigenvalue weighted by molar-refractivity contribution is 9.10.